The molecule has 1 fully saturated rings. The van der Waals surface area contributed by atoms with Crippen LogP contribution in [0.3, 0.4) is 0 Å². The number of nitrogens with one attached hydrogen (secondary N) is 1. The van der Waals surface area contributed by atoms with Crippen molar-refractivity contribution in [3.05, 3.63) is 34.4 Å². The molecule has 1 N–H and O–H groups in total. The van der Waals surface area contributed by atoms with E-state index in [0.717, 1.165) is 37.7 Å². The van der Waals surface area contributed by atoms with Crippen molar-refractivity contribution in [2.75, 3.05) is 36.5 Å². The number of benzene rings is 1. The van der Waals surface area contributed by atoms with Gasteiger partial charge in [-0.15, -0.1) is 10.2 Å². The molecule has 2 aromatic rings. The second-order valence-corrected chi connectivity index (χ2v) is 5.25. The van der Waals surface area contributed by atoms with E-state index in [4.69, 9.17) is 27.9 Å². The van der Waals surface area contributed by atoms with Crippen molar-refractivity contribution in [3.8, 4) is 0 Å². The lowest BCUT2D eigenvalue weighted by Crippen LogP contribution is -2.36. The fraction of sp³-hybridized carbons (Fsp3) is 0.308. The van der Waals surface area contributed by atoms with Gasteiger partial charge in [0.2, 0.25) is 0 Å². The molecule has 0 aliphatic carbocycles. The van der Waals surface area contributed by atoms with Gasteiger partial charge in [0.15, 0.2) is 11.0 Å². The molecule has 1 aliphatic rings. The summed E-state index contributed by atoms with van der Waals surface area (Å²) >= 11 is 11.8. The van der Waals surface area contributed by atoms with Crippen molar-refractivity contribution < 1.29 is 4.74 Å². The highest BCUT2D eigenvalue weighted by atomic mass is 35.5. The molecule has 0 radical (unpaired) electrons. The molecule has 8 heteroatoms. The first kappa shape index (κ1) is 14.3. The largest absolute Gasteiger partial charge is 0.378 e. The van der Waals surface area contributed by atoms with Gasteiger partial charge >= 0.3 is 0 Å². The molecule has 1 aromatic carbocycles. The summed E-state index contributed by atoms with van der Waals surface area (Å²) in [6, 6.07) is 7.99. The van der Waals surface area contributed by atoms with Crippen LogP contribution in [0.25, 0.3) is 0 Å². The van der Waals surface area contributed by atoms with Crippen LogP contribution in [-0.2, 0) is 4.74 Å². The summed E-state index contributed by atoms with van der Waals surface area (Å²) in [4.78, 5) is 2.28. The molecule has 0 spiro atoms. The molecular formula is C13H13Cl2N5O. The van der Waals surface area contributed by atoms with Crippen LogP contribution in [-0.4, -0.2) is 41.7 Å². The second-order valence-electron chi connectivity index (χ2n) is 4.51. The summed E-state index contributed by atoms with van der Waals surface area (Å²) in [7, 11) is 0. The zero-order valence-electron chi connectivity index (χ0n) is 11.1. The minimum absolute atomic E-state index is 0.124. The number of halogens is 2. The van der Waals surface area contributed by atoms with Crippen LogP contribution in [0.5, 0.6) is 0 Å². The molecule has 110 valence electrons. The number of hydrogen-bond acceptors (Lipinski definition) is 6. The van der Waals surface area contributed by atoms with E-state index in [1.165, 1.54) is 0 Å². The van der Waals surface area contributed by atoms with Crippen molar-refractivity contribution in [3.63, 3.8) is 0 Å². The van der Waals surface area contributed by atoms with Gasteiger partial charge in [0.05, 0.1) is 13.2 Å². The van der Waals surface area contributed by atoms with Gasteiger partial charge in [-0.3, -0.25) is 0 Å². The van der Waals surface area contributed by atoms with E-state index >= 15 is 0 Å². The Morgan fingerprint density at radius 2 is 1.76 bits per heavy atom. The lowest BCUT2D eigenvalue weighted by molar-refractivity contribution is 0.122. The standard InChI is InChI=1S/C13H13Cl2N5O/c14-11-12(15)17-19-18-13(11)16-9-1-3-10(4-2-9)20-5-7-21-8-6-20/h1-4H,5-8H2,(H,16,17,18). The van der Waals surface area contributed by atoms with Gasteiger partial charge in [-0.2, -0.15) is 0 Å². The van der Waals surface area contributed by atoms with Gasteiger partial charge in [-0.1, -0.05) is 23.2 Å². The first-order valence-corrected chi connectivity index (χ1v) is 7.24. The molecule has 0 saturated carbocycles. The zero-order chi connectivity index (χ0) is 14.7. The topological polar surface area (TPSA) is 63.2 Å². The van der Waals surface area contributed by atoms with Crippen molar-refractivity contribution >= 4 is 40.4 Å². The van der Waals surface area contributed by atoms with Crippen LogP contribution in [0.1, 0.15) is 0 Å². The molecule has 1 aromatic heterocycles. The number of hydrogen-bond donors (Lipinski definition) is 1. The Bertz CT molecular complexity index is 616. The van der Waals surface area contributed by atoms with E-state index in [0.29, 0.717) is 5.82 Å². The molecule has 21 heavy (non-hydrogen) atoms. The Kier molecular flexibility index (Phi) is 4.38. The summed E-state index contributed by atoms with van der Waals surface area (Å²) in [5.74, 6) is 0.385. The summed E-state index contributed by atoms with van der Waals surface area (Å²) in [6.07, 6.45) is 0. The quantitative estimate of drug-likeness (QED) is 0.936. The molecule has 0 bridgehead atoms. The van der Waals surface area contributed by atoms with Gasteiger partial charge in [0.1, 0.15) is 5.02 Å². The monoisotopic (exact) mass is 325 g/mol. The molecule has 1 saturated heterocycles. The number of rotatable bonds is 3. The third kappa shape index (κ3) is 3.34. The van der Waals surface area contributed by atoms with E-state index in [2.05, 4.69) is 25.6 Å². The van der Waals surface area contributed by atoms with Crippen LogP contribution < -0.4 is 10.2 Å². The van der Waals surface area contributed by atoms with Crippen LogP contribution in [0.15, 0.2) is 24.3 Å². The van der Waals surface area contributed by atoms with Gasteiger partial charge in [-0.05, 0) is 29.5 Å². The van der Waals surface area contributed by atoms with Crippen LogP contribution in [0, 0.1) is 0 Å². The summed E-state index contributed by atoms with van der Waals surface area (Å²) in [5.41, 5.74) is 2.01. The van der Waals surface area contributed by atoms with Crippen molar-refractivity contribution in [2.24, 2.45) is 0 Å². The zero-order valence-corrected chi connectivity index (χ0v) is 12.6. The lowest BCUT2D eigenvalue weighted by Gasteiger charge is -2.28. The number of nitrogens with zero attached hydrogens (tertiary/aromatic N) is 4. The Morgan fingerprint density at radius 3 is 2.48 bits per heavy atom. The fourth-order valence-corrected chi connectivity index (χ4v) is 2.33. The number of anilines is 3. The highest BCUT2D eigenvalue weighted by Gasteiger charge is 2.12. The molecule has 1 aliphatic heterocycles. The number of morpholine rings is 1. The van der Waals surface area contributed by atoms with E-state index in [-0.39, 0.29) is 10.2 Å². The van der Waals surface area contributed by atoms with Gasteiger partial charge in [0.25, 0.3) is 0 Å². The smallest absolute Gasteiger partial charge is 0.176 e. The third-order valence-electron chi connectivity index (χ3n) is 3.17. The lowest BCUT2D eigenvalue weighted by atomic mass is 10.2. The SMILES string of the molecule is Clc1nnnc(Nc2ccc(N3CCOCC3)cc2)c1Cl. The molecule has 0 atom stereocenters. The summed E-state index contributed by atoms with van der Waals surface area (Å²) in [6.45, 7) is 3.34. The highest BCUT2D eigenvalue weighted by molar-refractivity contribution is 6.42. The fourth-order valence-electron chi connectivity index (χ4n) is 2.09. The van der Waals surface area contributed by atoms with E-state index in [1.54, 1.807) is 0 Å². The van der Waals surface area contributed by atoms with Gasteiger partial charge in [-0.25, -0.2) is 0 Å². The summed E-state index contributed by atoms with van der Waals surface area (Å²) in [5, 5.41) is 14.4. The Labute approximate surface area is 132 Å². The van der Waals surface area contributed by atoms with Crippen molar-refractivity contribution in [2.45, 2.75) is 0 Å². The van der Waals surface area contributed by atoms with E-state index in [1.807, 2.05) is 24.3 Å². The highest BCUT2D eigenvalue weighted by Crippen LogP contribution is 2.28. The predicted octanol–water partition coefficient (Wildman–Crippen LogP) is 2.76. The molecular weight excluding hydrogens is 313 g/mol. The van der Waals surface area contributed by atoms with Crippen LogP contribution >= 0.6 is 23.2 Å². The molecule has 0 amide bonds. The predicted molar refractivity (Wildman–Crippen MR) is 82.6 cm³/mol. The van der Waals surface area contributed by atoms with Crippen molar-refractivity contribution in [1.82, 2.24) is 15.4 Å². The van der Waals surface area contributed by atoms with Gasteiger partial charge in [0, 0.05) is 24.5 Å². The first-order chi connectivity index (χ1) is 10.2. The maximum atomic E-state index is 6.01. The Hall–Kier alpha value is -1.63. The second kappa shape index (κ2) is 6.43. The molecule has 0 unspecified atom stereocenters. The number of ether oxygens (including phenoxy) is 1. The minimum Gasteiger partial charge on any atom is -0.378 e. The van der Waals surface area contributed by atoms with Crippen LogP contribution in [0.4, 0.5) is 17.2 Å². The summed E-state index contributed by atoms with van der Waals surface area (Å²) < 4.78 is 5.35. The minimum atomic E-state index is 0.124. The molecule has 6 nitrogen and oxygen atoms in total. The first-order valence-electron chi connectivity index (χ1n) is 6.48. The molecule has 2 heterocycles. The Balaban J connectivity index is 1.73. The Morgan fingerprint density at radius 1 is 1.05 bits per heavy atom. The maximum absolute atomic E-state index is 6.01. The van der Waals surface area contributed by atoms with Crippen molar-refractivity contribution in [1.29, 1.82) is 0 Å². The van der Waals surface area contributed by atoms with E-state index < -0.39 is 0 Å². The third-order valence-corrected chi connectivity index (χ3v) is 3.89. The average Bonchev–Trinajstić information content (AvgIpc) is 2.53. The average molecular weight is 326 g/mol. The van der Waals surface area contributed by atoms with E-state index in [9.17, 15) is 0 Å². The molecule has 3 rings (SSSR count). The maximum Gasteiger partial charge on any atom is 0.176 e. The van der Waals surface area contributed by atoms with Crippen LogP contribution in [0.2, 0.25) is 10.2 Å². The normalized spacial score (nSPS) is 15.0. The number of aromatic nitrogens is 3. The van der Waals surface area contributed by atoms with Gasteiger partial charge < -0.3 is 15.0 Å².